The second-order valence-corrected chi connectivity index (χ2v) is 5.35. The van der Waals surface area contributed by atoms with E-state index in [1.54, 1.807) is 0 Å². The van der Waals surface area contributed by atoms with Crippen molar-refractivity contribution in [1.82, 2.24) is 0 Å². The zero-order valence-electron chi connectivity index (χ0n) is 12.5. The Bertz CT molecular complexity index is 215. The largest absolute Gasteiger partial charge is 0.314 e. The first kappa shape index (κ1) is 17.2. The van der Waals surface area contributed by atoms with Crippen LogP contribution >= 0.6 is 0 Å². The average molecular weight is 250 g/mol. The summed E-state index contributed by atoms with van der Waals surface area (Å²) in [5.74, 6) is 0.810. The molecule has 0 radical (unpaired) electrons. The van der Waals surface area contributed by atoms with E-state index in [1.807, 2.05) is 18.2 Å². The quantitative estimate of drug-likeness (QED) is 0.351. The lowest BCUT2D eigenvalue weighted by molar-refractivity contribution is -0.915. The molecule has 0 spiro atoms. The fraction of sp³-hybridized carbons (Fsp3) is 0.647. The lowest BCUT2D eigenvalue weighted by Gasteiger charge is -2.39. The molecule has 104 valence electrons. The van der Waals surface area contributed by atoms with Gasteiger partial charge in [-0.05, 0) is 31.1 Å². The molecule has 1 nitrogen and oxygen atoms in total. The molecule has 0 aromatic rings. The zero-order valence-corrected chi connectivity index (χ0v) is 12.5. The van der Waals surface area contributed by atoms with Gasteiger partial charge in [0, 0.05) is 5.92 Å². The van der Waals surface area contributed by atoms with Gasteiger partial charge in [-0.1, -0.05) is 46.4 Å². The van der Waals surface area contributed by atoms with Gasteiger partial charge < -0.3 is 4.48 Å². The van der Waals surface area contributed by atoms with Crippen LogP contribution in [0.15, 0.2) is 38.0 Å². The first-order valence-electron chi connectivity index (χ1n) is 7.35. The summed E-state index contributed by atoms with van der Waals surface area (Å²) in [6.45, 7) is 20.6. The van der Waals surface area contributed by atoms with Gasteiger partial charge in [0.2, 0.25) is 0 Å². The summed E-state index contributed by atoms with van der Waals surface area (Å²) in [6, 6.07) is 0. The van der Waals surface area contributed by atoms with E-state index in [2.05, 4.69) is 33.6 Å². The molecule has 0 aromatic heterocycles. The smallest absolute Gasteiger partial charge is 0.0976 e. The Morgan fingerprint density at radius 2 is 1.44 bits per heavy atom. The molecule has 0 amide bonds. The Morgan fingerprint density at radius 1 is 0.944 bits per heavy atom. The highest BCUT2D eigenvalue weighted by atomic mass is 15.3. The van der Waals surface area contributed by atoms with Gasteiger partial charge in [0.1, 0.15) is 0 Å². The van der Waals surface area contributed by atoms with Crippen LogP contribution in [-0.2, 0) is 0 Å². The second kappa shape index (κ2) is 10.1. The minimum Gasteiger partial charge on any atom is -0.314 e. The monoisotopic (exact) mass is 250 g/mol. The fourth-order valence-corrected chi connectivity index (χ4v) is 2.73. The first-order chi connectivity index (χ1) is 8.67. The van der Waals surface area contributed by atoms with E-state index < -0.39 is 0 Å². The molecule has 0 heterocycles. The predicted octanol–water partition coefficient (Wildman–Crippen LogP) is 4.58. The maximum absolute atomic E-state index is 3.92. The summed E-state index contributed by atoms with van der Waals surface area (Å²) in [5.41, 5.74) is 0. The van der Waals surface area contributed by atoms with Gasteiger partial charge in [-0.25, -0.2) is 0 Å². The van der Waals surface area contributed by atoms with E-state index in [-0.39, 0.29) is 0 Å². The summed E-state index contributed by atoms with van der Waals surface area (Å²) >= 11 is 0. The Balaban J connectivity index is 4.73. The summed E-state index contributed by atoms with van der Waals surface area (Å²) in [7, 11) is 0. The van der Waals surface area contributed by atoms with Crippen LogP contribution in [0.1, 0.15) is 39.5 Å². The topological polar surface area (TPSA) is 0 Å². The molecule has 0 aliphatic rings. The van der Waals surface area contributed by atoms with Crippen molar-refractivity contribution < 1.29 is 4.48 Å². The van der Waals surface area contributed by atoms with Crippen LogP contribution in [0.4, 0.5) is 0 Å². The number of hydrogen-bond donors (Lipinski definition) is 0. The summed E-state index contributed by atoms with van der Waals surface area (Å²) in [6.07, 6.45) is 11.4. The Morgan fingerprint density at radius 3 is 1.78 bits per heavy atom. The van der Waals surface area contributed by atoms with Gasteiger partial charge in [-0.3, -0.25) is 0 Å². The third-order valence-electron chi connectivity index (χ3n) is 3.74. The highest BCUT2D eigenvalue weighted by Gasteiger charge is 2.26. The number of quaternary nitrogens is 1. The molecule has 1 atom stereocenters. The fourth-order valence-electron chi connectivity index (χ4n) is 2.73. The molecule has 0 aromatic carbocycles. The number of unbranched alkanes of at least 4 members (excludes halogenated alkanes) is 1. The minimum absolute atomic E-state index is 0.810. The Labute approximate surface area is 114 Å². The molecule has 0 saturated carbocycles. The zero-order chi connectivity index (χ0) is 13.9. The van der Waals surface area contributed by atoms with Crippen LogP contribution in [0.2, 0.25) is 0 Å². The SMILES string of the molecule is C=CC[N+](CC=C)(CC=C)CC(CC)CCCC. The number of rotatable bonds is 12. The van der Waals surface area contributed by atoms with Crippen LogP contribution in [0.3, 0.4) is 0 Å². The third kappa shape index (κ3) is 6.20. The van der Waals surface area contributed by atoms with Gasteiger partial charge in [0.25, 0.3) is 0 Å². The second-order valence-electron chi connectivity index (χ2n) is 5.35. The molecule has 1 heteroatoms. The molecule has 0 N–H and O–H groups in total. The molecule has 0 saturated heterocycles. The van der Waals surface area contributed by atoms with Crippen molar-refractivity contribution in [3.8, 4) is 0 Å². The van der Waals surface area contributed by atoms with Gasteiger partial charge >= 0.3 is 0 Å². The van der Waals surface area contributed by atoms with Crippen molar-refractivity contribution in [1.29, 1.82) is 0 Å². The van der Waals surface area contributed by atoms with E-state index in [0.29, 0.717) is 0 Å². The van der Waals surface area contributed by atoms with Gasteiger partial charge in [0.15, 0.2) is 0 Å². The molecule has 0 aliphatic carbocycles. The molecular formula is C17H32N+. The molecule has 1 unspecified atom stereocenters. The highest BCUT2D eigenvalue weighted by molar-refractivity contribution is 4.77. The van der Waals surface area contributed by atoms with Crippen molar-refractivity contribution in [3.05, 3.63) is 38.0 Å². The third-order valence-corrected chi connectivity index (χ3v) is 3.74. The van der Waals surface area contributed by atoms with E-state index in [0.717, 1.165) is 30.0 Å². The minimum atomic E-state index is 0.810. The maximum atomic E-state index is 3.92. The molecule has 18 heavy (non-hydrogen) atoms. The van der Waals surface area contributed by atoms with E-state index in [1.165, 1.54) is 32.2 Å². The molecule has 0 rings (SSSR count). The molecule has 0 aliphatic heterocycles. The van der Waals surface area contributed by atoms with Crippen molar-refractivity contribution in [2.45, 2.75) is 39.5 Å². The molecule has 0 bridgehead atoms. The standard InChI is InChI=1S/C17H32N/c1-6-11-12-17(10-5)16-18(13-7-2,14-8-3)15-9-4/h7-9,17H,2-4,6,10-16H2,1,5H3/q+1. The van der Waals surface area contributed by atoms with Crippen LogP contribution in [-0.4, -0.2) is 30.7 Å². The van der Waals surface area contributed by atoms with Crippen molar-refractivity contribution in [2.75, 3.05) is 26.2 Å². The average Bonchev–Trinajstić information content (AvgIpc) is 2.35. The normalized spacial score (nSPS) is 13.0. The summed E-state index contributed by atoms with van der Waals surface area (Å²) < 4.78 is 1.04. The maximum Gasteiger partial charge on any atom is 0.0976 e. The van der Waals surface area contributed by atoms with Crippen molar-refractivity contribution in [3.63, 3.8) is 0 Å². The van der Waals surface area contributed by atoms with E-state index in [4.69, 9.17) is 0 Å². The number of hydrogen-bond acceptors (Lipinski definition) is 0. The predicted molar refractivity (Wildman–Crippen MR) is 83.6 cm³/mol. The molecule has 0 fully saturated rings. The lowest BCUT2D eigenvalue weighted by atomic mass is 9.97. The van der Waals surface area contributed by atoms with Gasteiger partial charge in [-0.2, -0.15) is 0 Å². The van der Waals surface area contributed by atoms with Crippen LogP contribution < -0.4 is 0 Å². The van der Waals surface area contributed by atoms with E-state index in [9.17, 15) is 0 Å². The Hall–Kier alpha value is -0.820. The van der Waals surface area contributed by atoms with Crippen molar-refractivity contribution in [2.24, 2.45) is 5.92 Å². The summed E-state index contributed by atoms with van der Waals surface area (Å²) in [4.78, 5) is 0. The van der Waals surface area contributed by atoms with Gasteiger partial charge in [-0.15, -0.1) is 0 Å². The van der Waals surface area contributed by atoms with Crippen LogP contribution in [0.25, 0.3) is 0 Å². The highest BCUT2D eigenvalue weighted by Crippen LogP contribution is 2.20. The first-order valence-corrected chi connectivity index (χ1v) is 7.35. The van der Waals surface area contributed by atoms with Gasteiger partial charge in [0.05, 0.1) is 26.2 Å². The molecular weight excluding hydrogens is 218 g/mol. The Kier molecular flexibility index (Phi) is 9.67. The number of nitrogens with zero attached hydrogens (tertiary/aromatic N) is 1. The van der Waals surface area contributed by atoms with E-state index >= 15 is 0 Å². The van der Waals surface area contributed by atoms with Crippen LogP contribution in [0, 0.1) is 5.92 Å². The summed E-state index contributed by atoms with van der Waals surface area (Å²) in [5, 5.41) is 0. The lowest BCUT2D eigenvalue weighted by Crippen LogP contribution is -2.51. The van der Waals surface area contributed by atoms with Crippen molar-refractivity contribution >= 4 is 0 Å². The van der Waals surface area contributed by atoms with Crippen LogP contribution in [0.5, 0.6) is 0 Å².